The van der Waals surface area contributed by atoms with E-state index in [4.69, 9.17) is 5.26 Å². The Morgan fingerprint density at radius 3 is 2.55 bits per heavy atom. The standard InChI is InChI=1S/C16H23NO2S/c1-14-7-6-8-15(11-14)12-20(18,19)10-5-4-9-16(2,3)13-17/h6-8,11H,4-5,9-10,12H2,1-3H3. The molecule has 0 saturated carbocycles. The van der Waals surface area contributed by atoms with E-state index in [1.165, 1.54) is 0 Å². The van der Waals surface area contributed by atoms with E-state index < -0.39 is 9.84 Å². The van der Waals surface area contributed by atoms with Crippen LogP contribution >= 0.6 is 0 Å². The molecule has 0 aliphatic carbocycles. The summed E-state index contributed by atoms with van der Waals surface area (Å²) in [5, 5.41) is 8.91. The highest BCUT2D eigenvalue weighted by Crippen LogP contribution is 2.22. The van der Waals surface area contributed by atoms with Crippen molar-refractivity contribution in [3.8, 4) is 6.07 Å². The van der Waals surface area contributed by atoms with Gasteiger partial charge >= 0.3 is 0 Å². The van der Waals surface area contributed by atoms with E-state index in [-0.39, 0.29) is 16.9 Å². The molecule has 0 amide bonds. The summed E-state index contributed by atoms with van der Waals surface area (Å²) in [6, 6.07) is 9.84. The number of rotatable bonds is 7. The molecule has 3 nitrogen and oxygen atoms in total. The van der Waals surface area contributed by atoms with Gasteiger partial charge in [0.25, 0.3) is 0 Å². The number of sulfone groups is 1. The Kier molecular flexibility index (Phi) is 5.76. The van der Waals surface area contributed by atoms with E-state index in [9.17, 15) is 8.42 Å². The molecule has 0 unspecified atom stereocenters. The third kappa shape index (κ3) is 6.21. The summed E-state index contributed by atoms with van der Waals surface area (Å²) in [5.41, 5.74) is 1.57. The van der Waals surface area contributed by atoms with Crippen molar-refractivity contribution >= 4 is 9.84 Å². The van der Waals surface area contributed by atoms with E-state index in [2.05, 4.69) is 6.07 Å². The zero-order chi connectivity index (χ0) is 15.2. The molecule has 4 heteroatoms. The molecule has 0 heterocycles. The van der Waals surface area contributed by atoms with Gasteiger partial charge in [-0.2, -0.15) is 5.26 Å². The van der Waals surface area contributed by atoms with Crippen LogP contribution < -0.4 is 0 Å². The zero-order valence-electron chi connectivity index (χ0n) is 12.5. The summed E-state index contributed by atoms with van der Waals surface area (Å²) < 4.78 is 24.1. The van der Waals surface area contributed by atoms with Gasteiger partial charge < -0.3 is 0 Å². The van der Waals surface area contributed by atoms with Gasteiger partial charge in [0.15, 0.2) is 9.84 Å². The number of nitriles is 1. The summed E-state index contributed by atoms with van der Waals surface area (Å²) in [7, 11) is -3.06. The Bertz CT molecular complexity index is 583. The maximum Gasteiger partial charge on any atom is 0.154 e. The van der Waals surface area contributed by atoms with Crippen LogP contribution in [0.3, 0.4) is 0 Å². The lowest BCUT2D eigenvalue weighted by Crippen LogP contribution is -2.12. The largest absolute Gasteiger partial charge is 0.228 e. The van der Waals surface area contributed by atoms with Gasteiger partial charge in [0.05, 0.1) is 23.0 Å². The number of aryl methyl sites for hydroxylation is 1. The highest BCUT2D eigenvalue weighted by molar-refractivity contribution is 7.90. The molecule has 0 atom stereocenters. The monoisotopic (exact) mass is 293 g/mol. The predicted molar refractivity (Wildman–Crippen MR) is 81.9 cm³/mol. The first-order valence-electron chi connectivity index (χ1n) is 6.91. The number of unbranched alkanes of at least 4 members (excludes halogenated alkanes) is 1. The van der Waals surface area contributed by atoms with Crippen LogP contribution in [0.25, 0.3) is 0 Å². The van der Waals surface area contributed by atoms with Crippen molar-refractivity contribution in [2.45, 2.75) is 45.8 Å². The second-order valence-corrected chi connectivity index (χ2v) is 8.22. The fourth-order valence-electron chi connectivity index (χ4n) is 2.07. The summed E-state index contributed by atoms with van der Waals surface area (Å²) in [5.74, 6) is 0.304. The minimum atomic E-state index is -3.06. The first-order valence-corrected chi connectivity index (χ1v) is 8.73. The molecule has 0 aliphatic rings. The second-order valence-electron chi connectivity index (χ2n) is 6.03. The maximum absolute atomic E-state index is 12.0. The van der Waals surface area contributed by atoms with E-state index >= 15 is 0 Å². The number of hydrogen-bond acceptors (Lipinski definition) is 3. The lowest BCUT2D eigenvalue weighted by Gasteiger charge is -2.14. The number of hydrogen-bond donors (Lipinski definition) is 0. The van der Waals surface area contributed by atoms with Crippen LogP contribution in [0.1, 0.15) is 44.2 Å². The van der Waals surface area contributed by atoms with Crippen molar-refractivity contribution in [3.63, 3.8) is 0 Å². The van der Waals surface area contributed by atoms with E-state index in [0.29, 0.717) is 6.42 Å². The van der Waals surface area contributed by atoms with Gasteiger partial charge in [-0.15, -0.1) is 0 Å². The topological polar surface area (TPSA) is 57.9 Å². The Balaban J connectivity index is 2.45. The summed E-state index contributed by atoms with van der Waals surface area (Å²) in [6.07, 6.45) is 2.14. The SMILES string of the molecule is Cc1cccc(CS(=O)(=O)CCCCC(C)(C)C#N)c1. The molecular weight excluding hydrogens is 270 g/mol. The highest BCUT2D eigenvalue weighted by Gasteiger charge is 2.17. The van der Waals surface area contributed by atoms with Gasteiger partial charge in [0.1, 0.15) is 0 Å². The molecule has 0 N–H and O–H groups in total. The molecule has 0 aromatic heterocycles. The molecular formula is C16H23NO2S. The first kappa shape index (κ1) is 16.7. The minimum Gasteiger partial charge on any atom is -0.228 e. The van der Waals surface area contributed by atoms with Gasteiger partial charge in [-0.1, -0.05) is 36.2 Å². The Hall–Kier alpha value is -1.34. The van der Waals surface area contributed by atoms with Gasteiger partial charge in [-0.25, -0.2) is 8.42 Å². The molecule has 0 saturated heterocycles. The molecule has 0 radical (unpaired) electrons. The molecule has 20 heavy (non-hydrogen) atoms. The quantitative estimate of drug-likeness (QED) is 0.721. The zero-order valence-corrected chi connectivity index (χ0v) is 13.3. The van der Waals surface area contributed by atoms with E-state index in [0.717, 1.165) is 24.0 Å². The second kappa shape index (κ2) is 6.90. The molecule has 1 aromatic rings. The molecule has 0 bridgehead atoms. The van der Waals surface area contributed by atoms with Gasteiger partial charge in [-0.3, -0.25) is 0 Å². The van der Waals surface area contributed by atoms with Crippen LogP contribution in [-0.4, -0.2) is 14.2 Å². The van der Waals surface area contributed by atoms with Crippen LogP contribution in [0.15, 0.2) is 24.3 Å². The Morgan fingerprint density at radius 2 is 1.95 bits per heavy atom. The molecule has 110 valence electrons. The smallest absolute Gasteiger partial charge is 0.154 e. The van der Waals surface area contributed by atoms with Gasteiger partial charge in [0.2, 0.25) is 0 Å². The lowest BCUT2D eigenvalue weighted by molar-refractivity contribution is 0.431. The summed E-state index contributed by atoms with van der Waals surface area (Å²) >= 11 is 0. The molecule has 0 aliphatic heterocycles. The van der Waals surface area contributed by atoms with Crippen molar-refractivity contribution in [2.24, 2.45) is 5.41 Å². The van der Waals surface area contributed by atoms with Crippen molar-refractivity contribution in [2.75, 3.05) is 5.75 Å². The fraction of sp³-hybridized carbons (Fsp3) is 0.562. The summed E-state index contributed by atoms with van der Waals surface area (Å²) in [6.45, 7) is 5.72. The average Bonchev–Trinajstić information content (AvgIpc) is 2.34. The maximum atomic E-state index is 12.0. The van der Waals surface area contributed by atoms with Crippen molar-refractivity contribution in [1.29, 1.82) is 5.26 Å². The fourth-order valence-corrected chi connectivity index (χ4v) is 3.55. The third-order valence-electron chi connectivity index (χ3n) is 3.28. The molecule has 0 fully saturated rings. The van der Waals surface area contributed by atoms with E-state index in [1.807, 2.05) is 45.0 Å². The van der Waals surface area contributed by atoms with Crippen LogP contribution in [-0.2, 0) is 15.6 Å². The number of nitrogens with zero attached hydrogens (tertiary/aromatic N) is 1. The number of benzene rings is 1. The molecule has 0 spiro atoms. The lowest BCUT2D eigenvalue weighted by atomic mass is 9.89. The first-order chi connectivity index (χ1) is 9.24. The average molecular weight is 293 g/mol. The summed E-state index contributed by atoms with van der Waals surface area (Å²) in [4.78, 5) is 0. The normalized spacial score (nSPS) is 12.1. The minimum absolute atomic E-state index is 0.107. The van der Waals surface area contributed by atoms with Crippen molar-refractivity contribution in [1.82, 2.24) is 0 Å². The van der Waals surface area contributed by atoms with Crippen molar-refractivity contribution < 1.29 is 8.42 Å². The van der Waals surface area contributed by atoms with Gasteiger partial charge in [-0.05, 0) is 39.2 Å². The van der Waals surface area contributed by atoms with Crippen molar-refractivity contribution in [3.05, 3.63) is 35.4 Å². The predicted octanol–water partition coefficient (Wildman–Crippen LogP) is 3.63. The van der Waals surface area contributed by atoms with Gasteiger partial charge in [0, 0.05) is 0 Å². The highest BCUT2D eigenvalue weighted by atomic mass is 32.2. The third-order valence-corrected chi connectivity index (χ3v) is 4.96. The van der Waals surface area contributed by atoms with Crippen LogP contribution in [0.2, 0.25) is 0 Å². The van der Waals surface area contributed by atoms with Crippen LogP contribution in [0, 0.1) is 23.7 Å². The molecule has 1 rings (SSSR count). The van der Waals surface area contributed by atoms with E-state index in [1.54, 1.807) is 0 Å². The van der Waals surface area contributed by atoms with Crippen LogP contribution in [0.4, 0.5) is 0 Å². The Labute approximate surface area is 122 Å². The Morgan fingerprint density at radius 1 is 1.25 bits per heavy atom. The molecule has 1 aromatic carbocycles. The van der Waals surface area contributed by atoms with Crippen LogP contribution in [0.5, 0.6) is 0 Å².